The minimum Gasteiger partial charge on any atom is -0.364 e. The second-order valence-corrected chi connectivity index (χ2v) is 8.76. The summed E-state index contributed by atoms with van der Waals surface area (Å²) in [6.07, 6.45) is 3.70. The first-order valence-corrected chi connectivity index (χ1v) is 11.1. The maximum absolute atomic E-state index is 13.2. The van der Waals surface area contributed by atoms with Crippen LogP contribution in [0.5, 0.6) is 0 Å². The van der Waals surface area contributed by atoms with Gasteiger partial charge in [0.15, 0.2) is 5.43 Å². The molecule has 8 heteroatoms. The highest BCUT2D eigenvalue weighted by molar-refractivity contribution is 7.99. The van der Waals surface area contributed by atoms with Gasteiger partial charge in [-0.2, -0.15) is 0 Å². The van der Waals surface area contributed by atoms with Gasteiger partial charge in [0.1, 0.15) is 17.5 Å². The normalized spacial score (nSPS) is 14.8. The van der Waals surface area contributed by atoms with Crippen LogP contribution in [0.2, 0.25) is 0 Å². The van der Waals surface area contributed by atoms with Crippen molar-refractivity contribution in [2.45, 2.75) is 30.0 Å². The first kappa shape index (κ1) is 20.3. The Morgan fingerprint density at radius 2 is 2.06 bits per heavy atom. The van der Waals surface area contributed by atoms with E-state index in [1.165, 1.54) is 12.3 Å². The lowest BCUT2D eigenvalue weighted by atomic mass is 10.0. The fourth-order valence-corrected chi connectivity index (χ4v) is 5.24. The number of nitrogens with zero attached hydrogens (tertiary/aromatic N) is 3. The minimum atomic E-state index is -0.425. The van der Waals surface area contributed by atoms with E-state index in [9.17, 15) is 9.59 Å². The van der Waals surface area contributed by atoms with E-state index in [2.05, 4.69) is 21.5 Å². The number of carbonyl (C=O) groups is 1. The molecule has 4 heterocycles. The van der Waals surface area contributed by atoms with E-state index in [0.717, 1.165) is 22.0 Å². The van der Waals surface area contributed by atoms with Gasteiger partial charge in [-0.3, -0.25) is 14.6 Å². The van der Waals surface area contributed by atoms with Gasteiger partial charge in [0, 0.05) is 41.0 Å². The molecule has 0 bridgehead atoms. The van der Waals surface area contributed by atoms with E-state index < -0.39 is 5.91 Å². The Morgan fingerprint density at radius 3 is 2.84 bits per heavy atom. The lowest BCUT2D eigenvalue weighted by molar-refractivity contribution is 0.0947. The molecule has 1 N–H and O–H groups in total. The summed E-state index contributed by atoms with van der Waals surface area (Å²) in [6.45, 7) is 2.07. The molecule has 0 unspecified atom stereocenters. The predicted octanol–water partition coefficient (Wildman–Crippen LogP) is 3.85. The first-order valence-electron chi connectivity index (χ1n) is 10.2. The molecule has 1 aliphatic heterocycles. The van der Waals surface area contributed by atoms with Crippen LogP contribution in [0.4, 0.5) is 0 Å². The molecule has 0 aliphatic carbocycles. The number of fused-ring (bicyclic) bond motifs is 3. The average Bonchev–Trinajstić information content (AvgIpc) is 3.26. The highest BCUT2D eigenvalue weighted by Crippen LogP contribution is 2.43. The van der Waals surface area contributed by atoms with E-state index in [1.54, 1.807) is 24.0 Å². The van der Waals surface area contributed by atoms with Crippen molar-refractivity contribution in [3.8, 4) is 5.69 Å². The molecule has 1 amide bonds. The molecule has 3 aromatic heterocycles. The highest BCUT2D eigenvalue weighted by atomic mass is 32.2. The number of hydrogen-bond donors (Lipinski definition) is 1. The second-order valence-electron chi connectivity index (χ2n) is 7.51. The van der Waals surface area contributed by atoms with Crippen LogP contribution in [-0.2, 0) is 13.0 Å². The monoisotopic (exact) mass is 444 g/mol. The van der Waals surface area contributed by atoms with Gasteiger partial charge in [-0.05, 0) is 31.2 Å². The van der Waals surface area contributed by atoms with Gasteiger partial charge in [-0.15, -0.1) is 11.8 Å². The molecule has 160 valence electrons. The summed E-state index contributed by atoms with van der Waals surface area (Å²) in [5.41, 5.74) is 3.77. The van der Waals surface area contributed by atoms with Crippen molar-refractivity contribution < 1.29 is 9.32 Å². The molecule has 1 atom stereocenters. The van der Waals surface area contributed by atoms with Crippen LogP contribution in [-0.4, -0.2) is 20.6 Å². The number of nitrogens with one attached hydrogen (secondary N) is 1. The number of amides is 1. The van der Waals surface area contributed by atoms with Crippen molar-refractivity contribution in [1.82, 2.24) is 20.0 Å². The summed E-state index contributed by atoms with van der Waals surface area (Å²) < 4.78 is 6.85. The van der Waals surface area contributed by atoms with Crippen LogP contribution < -0.4 is 10.7 Å². The van der Waals surface area contributed by atoms with Gasteiger partial charge in [0.2, 0.25) is 0 Å². The topological polar surface area (TPSA) is 90.0 Å². The van der Waals surface area contributed by atoms with Gasteiger partial charge < -0.3 is 14.4 Å². The molecule has 0 saturated heterocycles. The molecule has 0 saturated carbocycles. The smallest absolute Gasteiger partial charge is 0.257 e. The third kappa shape index (κ3) is 3.73. The van der Waals surface area contributed by atoms with Crippen molar-refractivity contribution in [3.05, 3.63) is 106 Å². The van der Waals surface area contributed by atoms with Crippen LogP contribution in [0.25, 0.3) is 5.69 Å². The Kier molecular flexibility index (Phi) is 5.36. The van der Waals surface area contributed by atoms with Crippen molar-refractivity contribution in [2.24, 2.45) is 0 Å². The fraction of sp³-hybridized carbons (Fsp3) is 0.167. The van der Waals surface area contributed by atoms with Crippen molar-refractivity contribution in [1.29, 1.82) is 0 Å². The Hall–Kier alpha value is -3.65. The summed E-state index contributed by atoms with van der Waals surface area (Å²) in [4.78, 5) is 31.9. The fourth-order valence-electron chi connectivity index (χ4n) is 4.00. The number of para-hydroxylation sites is 1. The summed E-state index contributed by atoms with van der Waals surface area (Å²) >= 11 is 1.69. The van der Waals surface area contributed by atoms with Crippen LogP contribution in [0.15, 0.2) is 81.3 Å². The lowest BCUT2D eigenvalue weighted by Gasteiger charge is -2.19. The van der Waals surface area contributed by atoms with Crippen LogP contribution >= 0.6 is 11.8 Å². The van der Waals surface area contributed by atoms with Crippen LogP contribution in [0.1, 0.15) is 38.4 Å². The molecule has 1 aliphatic rings. The van der Waals surface area contributed by atoms with Crippen molar-refractivity contribution >= 4 is 17.7 Å². The predicted molar refractivity (Wildman–Crippen MR) is 121 cm³/mol. The summed E-state index contributed by atoms with van der Waals surface area (Å²) in [6, 6.07) is 17.0. The maximum atomic E-state index is 13.2. The summed E-state index contributed by atoms with van der Waals surface area (Å²) in [5.74, 6) is -0.425. The van der Waals surface area contributed by atoms with E-state index in [4.69, 9.17) is 4.52 Å². The molecule has 4 aromatic rings. The van der Waals surface area contributed by atoms with Crippen LogP contribution in [0.3, 0.4) is 0 Å². The number of rotatable bonds is 4. The number of aryl methyl sites for hydroxylation is 1. The number of hydrogen-bond acceptors (Lipinski definition) is 6. The third-order valence-electron chi connectivity index (χ3n) is 5.42. The molecule has 7 nitrogen and oxygen atoms in total. The number of pyridine rings is 2. The summed E-state index contributed by atoms with van der Waals surface area (Å²) in [7, 11) is 0. The molecule has 1 aromatic carbocycles. The number of thioether (sulfide) groups is 1. The maximum Gasteiger partial charge on any atom is 0.257 e. The highest BCUT2D eigenvalue weighted by Gasteiger charge is 2.29. The van der Waals surface area contributed by atoms with Gasteiger partial charge in [0.25, 0.3) is 5.91 Å². The Morgan fingerprint density at radius 1 is 1.22 bits per heavy atom. The van der Waals surface area contributed by atoms with E-state index in [0.29, 0.717) is 17.8 Å². The first-order chi connectivity index (χ1) is 15.6. The zero-order chi connectivity index (χ0) is 22.1. The number of aromatic nitrogens is 3. The summed E-state index contributed by atoms with van der Waals surface area (Å²) in [5, 5.41) is 6.58. The average molecular weight is 445 g/mol. The standard InChI is InChI=1S/C24H20N4O3S/c1-15-12-20(29)23(24(30)26-14-16-9-11-31-27-16)19-13-22(17-6-4-5-10-25-17)32-21-8-3-2-7-18(21)28(15)19/h2-12,22H,13-14H2,1H3,(H,26,30)/t22-/m1/s1. The van der Waals surface area contributed by atoms with Crippen molar-refractivity contribution in [3.63, 3.8) is 0 Å². The van der Waals surface area contributed by atoms with Gasteiger partial charge in [0.05, 0.1) is 23.2 Å². The quantitative estimate of drug-likeness (QED) is 0.514. The number of benzene rings is 1. The van der Waals surface area contributed by atoms with Crippen LogP contribution in [0, 0.1) is 6.92 Å². The molecule has 32 heavy (non-hydrogen) atoms. The van der Waals surface area contributed by atoms with Gasteiger partial charge >= 0.3 is 0 Å². The largest absolute Gasteiger partial charge is 0.364 e. The zero-order valence-electron chi connectivity index (χ0n) is 17.3. The molecule has 0 fully saturated rings. The van der Waals surface area contributed by atoms with E-state index in [-0.39, 0.29) is 22.8 Å². The molecule has 5 rings (SSSR count). The number of carbonyl (C=O) groups excluding carboxylic acids is 1. The van der Waals surface area contributed by atoms with Gasteiger partial charge in [-0.1, -0.05) is 23.4 Å². The molecule has 0 spiro atoms. The minimum absolute atomic E-state index is 0.0469. The van der Waals surface area contributed by atoms with Crippen molar-refractivity contribution in [2.75, 3.05) is 0 Å². The van der Waals surface area contributed by atoms with E-state index >= 15 is 0 Å². The molecular formula is C24H20N4O3S. The van der Waals surface area contributed by atoms with Gasteiger partial charge in [-0.25, -0.2) is 0 Å². The Balaban J connectivity index is 1.65. The zero-order valence-corrected chi connectivity index (χ0v) is 18.1. The Bertz CT molecular complexity index is 1330. The van der Waals surface area contributed by atoms with E-state index in [1.807, 2.05) is 47.9 Å². The molecule has 0 radical (unpaired) electrons. The Labute approximate surface area is 188 Å². The third-order valence-corrected chi connectivity index (χ3v) is 6.71. The molecular weight excluding hydrogens is 424 g/mol. The lowest BCUT2D eigenvalue weighted by Crippen LogP contribution is -2.32. The SMILES string of the molecule is Cc1cc(=O)c(C(=O)NCc2ccon2)c2n1-c1ccccc1S[C@@H](c1ccccn1)C2. The second kappa shape index (κ2) is 8.47.